The minimum absolute atomic E-state index is 0.334. The van der Waals surface area contributed by atoms with Gasteiger partial charge in [0, 0.05) is 0 Å². The molecule has 0 radical (unpaired) electrons. The van der Waals surface area contributed by atoms with E-state index in [-0.39, 0.29) is 11.8 Å². The van der Waals surface area contributed by atoms with Gasteiger partial charge in [-0.3, -0.25) is 4.79 Å². The third kappa shape index (κ3) is 3.02. The molecule has 1 rings (SSSR count). The van der Waals surface area contributed by atoms with Crippen molar-refractivity contribution in [1.29, 1.82) is 0 Å². The van der Waals surface area contributed by atoms with Gasteiger partial charge in [-0.15, -0.1) is 0 Å². The smallest absolute Gasteiger partial charge is 0.313 e. The number of ether oxygens (including phenoxy) is 1. The topological polar surface area (TPSA) is 26.3 Å². The van der Waals surface area contributed by atoms with Crippen LogP contribution in [0.5, 0.6) is 0 Å². The summed E-state index contributed by atoms with van der Waals surface area (Å²) in [6, 6.07) is 4.63. The molecule has 0 bridgehead atoms. The number of hydrogen-bond donors (Lipinski definition) is 0. The van der Waals surface area contributed by atoms with Crippen molar-refractivity contribution in [2.75, 3.05) is 6.61 Å². The van der Waals surface area contributed by atoms with Gasteiger partial charge in [-0.25, -0.2) is 4.39 Å². The second-order valence-electron chi connectivity index (χ2n) is 3.15. The predicted molar refractivity (Wildman–Crippen MR) is 59.1 cm³/mol. The van der Waals surface area contributed by atoms with E-state index in [9.17, 15) is 9.18 Å². The fourth-order valence-corrected chi connectivity index (χ4v) is 1.43. The van der Waals surface area contributed by atoms with Crippen LogP contribution in [-0.4, -0.2) is 12.6 Å². The maximum absolute atomic E-state index is 13.2. The predicted octanol–water partition coefficient (Wildman–Crippen LogP) is 3.25. The lowest BCUT2D eigenvalue weighted by Crippen LogP contribution is -2.13. The third-order valence-corrected chi connectivity index (χ3v) is 2.73. The second kappa shape index (κ2) is 5.26. The molecule has 4 heteroatoms. The summed E-state index contributed by atoms with van der Waals surface area (Å²) in [4.78, 5) is 11.4. The number of carbonyl (C=O) groups is 1. The van der Waals surface area contributed by atoms with E-state index in [1.807, 2.05) is 0 Å². The first kappa shape index (κ1) is 12.2. The summed E-state index contributed by atoms with van der Waals surface area (Å²) in [7, 11) is 0. The summed E-state index contributed by atoms with van der Waals surface area (Å²) < 4.78 is 18.4. The molecule has 1 aromatic rings. The van der Waals surface area contributed by atoms with Gasteiger partial charge < -0.3 is 4.74 Å². The van der Waals surface area contributed by atoms with Gasteiger partial charge in [0.2, 0.25) is 0 Å². The maximum Gasteiger partial charge on any atom is 0.313 e. The average molecular weight is 275 g/mol. The molecule has 1 atom stereocenters. The molecule has 0 aliphatic carbocycles. The van der Waals surface area contributed by atoms with Gasteiger partial charge in [-0.05, 0) is 47.5 Å². The Kier molecular flexibility index (Phi) is 4.27. The van der Waals surface area contributed by atoms with Crippen molar-refractivity contribution in [1.82, 2.24) is 0 Å². The Morgan fingerprint density at radius 1 is 1.60 bits per heavy atom. The molecular weight excluding hydrogens is 263 g/mol. The van der Waals surface area contributed by atoms with Crippen LogP contribution in [0.15, 0.2) is 22.7 Å². The minimum atomic E-state index is -0.437. The number of esters is 1. The van der Waals surface area contributed by atoms with Gasteiger partial charge >= 0.3 is 5.97 Å². The van der Waals surface area contributed by atoms with E-state index in [1.165, 1.54) is 6.07 Å². The van der Waals surface area contributed by atoms with Crippen LogP contribution < -0.4 is 0 Å². The number of carbonyl (C=O) groups excluding carboxylic acids is 1. The van der Waals surface area contributed by atoms with Crippen molar-refractivity contribution < 1.29 is 13.9 Å². The largest absolute Gasteiger partial charge is 0.466 e. The number of halogens is 2. The van der Waals surface area contributed by atoms with Gasteiger partial charge in [-0.2, -0.15) is 0 Å². The molecule has 1 aromatic carbocycles. The van der Waals surface area contributed by atoms with E-state index in [2.05, 4.69) is 15.9 Å². The van der Waals surface area contributed by atoms with E-state index in [4.69, 9.17) is 4.74 Å². The van der Waals surface area contributed by atoms with Gasteiger partial charge in [0.1, 0.15) is 5.82 Å². The van der Waals surface area contributed by atoms with Crippen LogP contribution in [0.3, 0.4) is 0 Å². The van der Waals surface area contributed by atoms with Crippen LogP contribution in [0.2, 0.25) is 0 Å². The highest BCUT2D eigenvalue weighted by molar-refractivity contribution is 9.10. The SMILES string of the molecule is CCOC(=O)C(C)c1ccc(Br)c(F)c1. The van der Waals surface area contributed by atoms with E-state index >= 15 is 0 Å². The highest BCUT2D eigenvalue weighted by Gasteiger charge is 2.17. The van der Waals surface area contributed by atoms with Gasteiger partial charge in [0.05, 0.1) is 17.0 Å². The highest BCUT2D eigenvalue weighted by atomic mass is 79.9. The zero-order valence-electron chi connectivity index (χ0n) is 8.59. The Labute approximate surface area is 96.6 Å². The Morgan fingerprint density at radius 2 is 2.27 bits per heavy atom. The van der Waals surface area contributed by atoms with Gasteiger partial charge in [-0.1, -0.05) is 6.07 Å². The normalized spacial score (nSPS) is 12.3. The zero-order valence-corrected chi connectivity index (χ0v) is 10.2. The molecule has 2 nitrogen and oxygen atoms in total. The average Bonchev–Trinajstić information content (AvgIpc) is 2.21. The molecule has 0 saturated carbocycles. The molecule has 0 fully saturated rings. The van der Waals surface area contributed by atoms with Crippen molar-refractivity contribution >= 4 is 21.9 Å². The number of benzene rings is 1. The first-order valence-electron chi connectivity index (χ1n) is 4.67. The summed E-state index contributed by atoms with van der Waals surface area (Å²) in [5.74, 6) is -1.14. The van der Waals surface area contributed by atoms with Crippen molar-refractivity contribution in [2.45, 2.75) is 19.8 Å². The molecule has 1 unspecified atom stereocenters. The van der Waals surface area contributed by atoms with Crippen molar-refractivity contribution in [2.24, 2.45) is 0 Å². The Bertz CT molecular complexity index is 366. The van der Waals surface area contributed by atoms with Crippen molar-refractivity contribution in [3.63, 3.8) is 0 Å². The van der Waals surface area contributed by atoms with Crippen LogP contribution in [0, 0.1) is 5.82 Å². The van der Waals surface area contributed by atoms with Crippen molar-refractivity contribution in [3.05, 3.63) is 34.1 Å². The Balaban J connectivity index is 2.86. The molecule has 0 aromatic heterocycles. The molecule has 0 aliphatic heterocycles. The van der Waals surface area contributed by atoms with E-state index in [0.717, 1.165) is 0 Å². The van der Waals surface area contributed by atoms with E-state index in [1.54, 1.807) is 26.0 Å². The van der Waals surface area contributed by atoms with Crippen molar-refractivity contribution in [3.8, 4) is 0 Å². The Morgan fingerprint density at radius 3 is 2.80 bits per heavy atom. The standard InChI is InChI=1S/C11H12BrFO2/c1-3-15-11(14)7(2)8-4-5-9(12)10(13)6-8/h4-7H,3H2,1-2H3. The number of hydrogen-bond acceptors (Lipinski definition) is 2. The zero-order chi connectivity index (χ0) is 11.4. The molecular formula is C11H12BrFO2. The lowest BCUT2D eigenvalue weighted by atomic mass is 10.0. The van der Waals surface area contributed by atoms with Crippen LogP contribution in [0.25, 0.3) is 0 Å². The quantitative estimate of drug-likeness (QED) is 0.791. The molecule has 0 amide bonds. The summed E-state index contributed by atoms with van der Waals surface area (Å²) in [6.45, 7) is 3.77. The lowest BCUT2D eigenvalue weighted by molar-refractivity contribution is -0.144. The molecule has 0 aliphatic rings. The lowest BCUT2D eigenvalue weighted by Gasteiger charge is -2.10. The summed E-state index contributed by atoms with van der Waals surface area (Å²) in [5.41, 5.74) is 0.620. The van der Waals surface area contributed by atoms with E-state index < -0.39 is 5.92 Å². The monoisotopic (exact) mass is 274 g/mol. The fraction of sp³-hybridized carbons (Fsp3) is 0.364. The summed E-state index contributed by atoms with van der Waals surface area (Å²) in [5, 5.41) is 0. The van der Waals surface area contributed by atoms with Crippen LogP contribution in [0.1, 0.15) is 25.3 Å². The first-order chi connectivity index (χ1) is 7.06. The maximum atomic E-state index is 13.2. The molecule has 15 heavy (non-hydrogen) atoms. The highest BCUT2D eigenvalue weighted by Crippen LogP contribution is 2.22. The minimum Gasteiger partial charge on any atom is -0.466 e. The fourth-order valence-electron chi connectivity index (χ4n) is 1.19. The van der Waals surface area contributed by atoms with Crippen LogP contribution >= 0.6 is 15.9 Å². The van der Waals surface area contributed by atoms with Crippen LogP contribution in [-0.2, 0) is 9.53 Å². The molecule has 0 N–H and O–H groups in total. The van der Waals surface area contributed by atoms with Gasteiger partial charge in [0.15, 0.2) is 0 Å². The summed E-state index contributed by atoms with van der Waals surface area (Å²) >= 11 is 3.06. The van der Waals surface area contributed by atoms with E-state index in [0.29, 0.717) is 16.6 Å². The second-order valence-corrected chi connectivity index (χ2v) is 4.00. The molecule has 82 valence electrons. The number of rotatable bonds is 3. The molecule has 0 heterocycles. The molecule has 0 spiro atoms. The summed E-state index contributed by atoms with van der Waals surface area (Å²) in [6.07, 6.45) is 0. The van der Waals surface area contributed by atoms with Gasteiger partial charge in [0.25, 0.3) is 0 Å². The first-order valence-corrected chi connectivity index (χ1v) is 5.47. The Hall–Kier alpha value is -0.900. The van der Waals surface area contributed by atoms with Crippen LogP contribution in [0.4, 0.5) is 4.39 Å². The third-order valence-electron chi connectivity index (χ3n) is 2.08. The molecule has 0 saturated heterocycles.